The van der Waals surface area contributed by atoms with Gasteiger partial charge in [0.05, 0.1) is 6.04 Å². The van der Waals surface area contributed by atoms with Gasteiger partial charge in [0, 0.05) is 6.54 Å². The summed E-state index contributed by atoms with van der Waals surface area (Å²) < 4.78 is 4.88. The molecule has 0 radical (unpaired) electrons. The van der Waals surface area contributed by atoms with Gasteiger partial charge in [-0.05, 0) is 25.2 Å². The first-order valence-corrected chi connectivity index (χ1v) is 5.32. The number of carbonyl (C=O) groups excluding carboxylic acids is 1. The van der Waals surface area contributed by atoms with E-state index in [4.69, 9.17) is 4.74 Å². The quantitative estimate of drug-likeness (QED) is 0.840. The van der Waals surface area contributed by atoms with Gasteiger partial charge in [0.15, 0.2) is 0 Å². The van der Waals surface area contributed by atoms with E-state index in [-0.39, 0.29) is 12.1 Å². The minimum atomic E-state index is -0.331. The Balaban J connectivity index is 2.12. The lowest BCUT2D eigenvalue weighted by atomic mass is 10.0. The van der Waals surface area contributed by atoms with Crippen molar-refractivity contribution in [1.82, 2.24) is 10.2 Å². The van der Waals surface area contributed by atoms with Crippen LogP contribution in [0.4, 0.5) is 4.79 Å². The lowest BCUT2D eigenvalue weighted by Gasteiger charge is -2.13. The number of carbonyl (C=O) groups is 1. The van der Waals surface area contributed by atoms with Crippen LogP contribution in [0, 0.1) is 0 Å². The molecule has 1 aromatic carbocycles. The van der Waals surface area contributed by atoms with E-state index in [0.29, 0.717) is 6.61 Å². The minimum Gasteiger partial charge on any atom is -0.447 e. The third kappa shape index (κ3) is 2.52. The van der Waals surface area contributed by atoms with Crippen molar-refractivity contribution in [3.63, 3.8) is 0 Å². The molecule has 1 atom stereocenters. The smallest absolute Gasteiger partial charge is 0.407 e. The molecule has 1 aliphatic rings. The summed E-state index contributed by atoms with van der Waals surface area (Å²) in [6.07, 6.45) is -0.331. The molecular formula is C12H16N2O2. The van der Waals surface area contributed by atoms with E-state index in [1.807, 2.05) is 26.2 Å². The molecule has 0 bridgehead atoms. The molecule has 1 fully saturated rings. The SMILES string of the molecule is CN(C)Cc1cccc(C2COC(=O)N2)c1. The Labute approximate surface area is 95.2 Å². The summed E-state index contributed by atoms with van der Waals surface area (Å²) in [5.41, 5.74) is 2.34. The second kappa shape index (κ2) is 4.53. The van der Waals surface area contributed by atoms with Gasteiger partial charge in [-0.1, -0.05) is 24.3 Å². The highest BCUT2D eigenvalue weighted by Gasteiger charge is 2.23. The molecule has 4 nitrogen and oxygen atoms in total. The van der Waals surface area contributed by atoms with Gasteiger partial charge in [-0.25, -0.2) is 4.79 Å². The first kappa shape index (κ1) is 11.0. The van der Waals surface area contributed by atoms with Crippen molar-refractivity contribution in [1.29, 1.82) is 0 Å². The maximum atomic E-state index is 10.9. The maximum Gasteiger partial charge on any atom is 0.407 e. The summed E-state index contributed by atoms with van der Waals surface area (Å²) in [7, 11) is 4.07. The molecule has 86 valence electrons. The molecule has 0 aliphatic carbocycles. The normalized spacial score (nSPS) is 19.7. The van der Waals surface area contributed by atoms with Crippen LogP contribution < -0.4 is 5.32 Å². The average Bonchev–Trinajstić information content (AvgIpc) is 2.64. The summed E-state index contributed by atoms with van der Waals surface area (Å²) in [6, 6.07) is 8.22. The molecule has 1 unspecified atom stereocenters. The monoisotopic (exact) mass is 220 g/mol. The number of rotatable bonds is 3. The van der Waals surface area contributed by atoms with E-state index in [2.05, 4.69) is 22.3 Å². The number of alkyl carbamates (subject to hydrolysis) is 1. The highest BCUT2D eigenvalue weighted by Crippen LogP contribution is 2.19. The van der Waals surface area contributed by atoms with Crippen LogP contribution in [0.15, 0.2) is 24.3 Å². The zero-order valence-corrected chi connectivity index (χ0v) is 9.56. The fourth-order valence-corrected chi connectivity index (χ4v) is 1.84. The summed E-state index contributed by atoms with van der Waals surface area (Å²) in [5.74, 6) is 0. The fourth-order valence-electron chi connectivity index (χ4n) is 1.84. The van der Waals surface area contributed by atoms with Crippen LogP contribution in [0.3, 0.4) is 0 Å². The van der Waals surface area contributed by atoms with Crippen LogP contribution in [-0.4, -0.2) is 31.7 Å². The van der Waals surface area contributed by atoms with Gasteiger partial charge in [-0.3, -0.25) is 0 Å². The highest BCUT2D eigenvalue weighted by molar-refractivity contribution is 5.70. The van der Waals surface area contributed by atoms with Gasteiger partial charge in [0.25, 0.3) is 0 Å². The van der Waals surface area contributed by atoms with Gasteiger partial charge in [-0.2, -0.15) is 0 Å². The van der Waals surface area contributed by atoms with Crippen molar-refractivity contribution in [3.05, 3.63) is 35.4 Å². The number of hydrogen-bond donors (Lipinski definition) is 1. The molecule has 0 saturated carbocycles. The van der Waals surface area contributed by atoms with Gasteiger partial charge in [-0.15, -0.1) is 0 Å². The summed E-state index contributed by atoms with van der Waals surface area (Å²) in [6.45, 7) is 1.32. The van der Waals surface area contributed by atoms with E-state index < -0.39 is 0 Å². The van der Waals surface area contributed by atoms with Gasteiger partial charge < -0.3 is 15.0 Å². The Morgan fingerprint density at radius 3 is 2.94 bits per heavy atom. The van der Waals surface area contributed by atoms with Crippen LogP contribution in [0.5, 0.6) is 0 Å². The Bertz CT molecular complexity index is 390. The van der Waals surface area contributed by atoms with Gasteiger partial charge in [0.1, 0.15) is 6.61 Å². The third-order valence-electron chi connectivity index (χ3n) is 2.53. The Morgan fingerprint density at radius 2 is 2.31 bits per heavy atom. The first-order chi connectivity index (χ1) is 7.65. The summed E-state index contributed by atoms with van der Waals surface area (Å²) >= 11 is 0. The predicted octanol–water partition coefficient (Wildman–Crippen LogP) is 1.53. The molecule has 1 aliphatic heterocycles. The molecule has 1 amide bonds. The van der Waals surface area contributed by atoms with E-state index in [9.17, 15) is 4.79 Å². The van der Waals surface area contributed by atoms with E-state index in [0.717, 1.165) is 12.1 Å². The van der Waals surface area contributed by atoms with Crippen molar-refractivity contribution in [2.24, 2.45) is 0 Å². The number of nitrogens with zero attached hydrogens (tertiary/aromatic N) is 1. The molecule has 16 heavy (non-hydrogen) atoms. The number of nitrogens with one attached hydrogen (secondary N) is 1. The lowest BCUT2D eigenvalue weighted by molar-refractivity contribution is 0.177. The summed E-state index contributed by atoms with van der Waals surface area (Å²) in [5, 5.41) is 2.78. The number of ether oxygens (including phenoxy) is 1. The lowest BCUT2D eigenvalue weighted by Crippen LogP contribution is -2.18. The Hall–Kier alpha value is -1.55. The molecule has 0 spiro atoms. The van der Waals surface area contributed by atoms with Crippen LogP contribution >= 0.6 is 0 Å². The van der Waals surface area contributed by atoms with Crippen molar-refractivity contribution in [2.45, 2.75) is 12.6 Å². The van der Waals surface area contributed by atoms with Crippen molar-refractivity contribution in [2.75, 3.05) is 20.7 Å². The van der Waals surface area contributed by atoms with Crippen molar-refractivity contribution >= 4 is 6.09 Å². The highest BCUT2D eigenvalue weighted by atomic mass is 16.6. The largest absolute Gasteiger partial charge is 0.447 e. The Morgan fingerprint density at radius 1 is 1.50 bits per heavy atom. The zero-order valence-electron chi connectivity index (χ0n) is 9.56. The predicted molar refractivity (Wildman–Crippen MR) is 61.1 cm³/mol. The first-order valence-electron chi connectivity index (χ1n) is 5.32. The van der Waals surface area contributed by atoms with E-state index in [1.54, 1.807) is 0 Å². The molecule has 1 N–H and O–H groups in total. The second-order valence-electron chi connectivity index (χ2n) is 4.28. The topological polar surface area (TPSA) is 41.6 Å². The van der Waals surface area contributed by atoms with E-state index >= 15 is 0 Å². The maximum absolute atomic E-state index is 10.9. The molecule has 4 heteroatoms. The number of hydrogen-bond acceptors (Lipinski definition) is 3. The zero-order chi connectivity index (χ0) is 11.5. The molecule has 2 rings (SSSR count). The fraction of sp³-hybridized carbons (Fsp3) is 0.417. The number of cyclic esters (lactones) is 1. The molecule has 1 saturated heterocycles. The standard InChI is InChI=1S/C12H16N2O2/c1-14(2)7-9-4-3-5-10(6-9)11-8-16-12(15)13-11/h3-6,11H,7-8H2,1-2H3,(H,13,15). The second-order valence-corrected chi connectivity index (χ2v) is 4.28. The molecule has 1 aromatic rings. The van der Waals surface area contributed by atoms with Crippen LogP contribution in [0.2, 0.25) is 0 Å². The van der Waals surface area contributed by atoms with Gasteiger partial charge in [0.2, 0.25) is 0 Å². The van der Waals surface area contributed by atoms with Crippen LogP contribution in [0.25, 0.3) is 0 Å². The van der Waals surface area contributed by atoms with Crippen LogP contribution in [0.1, 0.15) is 17.2 Å². The molecular weight excluding hydrogens is 204 g/mol. The van der Waals surface area contributed by atoms with Crippen molar-refractivity contribution < 1.29 is 9.53 Å². The van der Waals surface area contributed by atoms with Crippen molar-refractivity contribution in [3.8, 4) is 0 Å². The Kier molecular flexibility index (Phi) is 3.10. The van der Waals surface area contributed by atoms with Crippen LogP contribution in [-0.2, 0) is 11.3 Å². The van der Waals surface area contributed by atoms with E-state index in [1.165, 1.54) is 5.56 Å². The number of amides is 1. The molecule has 1 heterocycles. The summed E-state index contributed by atoms with van der Waals surface area (Å²) in [4.78, 5) is 13.1. The minimum absolute atomic E-state index is 0.00499. The molecule has 0 aromatic heterocycles. The third-order valence-corrected chi connectivity index (χ3v) is 2.53. The number of benzene rings is 1. The van der Waals surface area contributed by atoms with Gasteiger partial charge >= 0.3 is 6.09 Å². The average molecular weight is 220 g/mol.